The summed E-state index contributed by atoms with van der Waals surface area (Å²) in [4.78, 5) is 0. The molecule has 3 atom stereocenters. The highest BCUT2D eigenvalue weighted by atomic mass is 16.5. The Bertz CT molecular complexity index is 429. The van der Waals surface area contributed by atoms with Crippen LogP contribution in [0.15, 0.2) is 18.2 Å². The first-order valence-corrected chi connectivity index (χ1v) is 7.15. The van der Waals surface area contributed by atoms with Crippen molar-refractivity contribution < 1.29 is 4.74 Å². The summed E-state index contributed by atoms with van der Waals surface area (Å²) < 4.78 is 5.41. The summed E-state index contributed by atoms with van der Waals surface area (Å²) in [5.41, 5.74) is 2.44. The minimum Gasteiger partial charge on any atom is -0.495 e. The Morgan fingerprint density at radius 2 is 2.17 bits per heavy atom. The smallest absolute Gasteiger partial charge is 0.141 e. The van der Waals surface area contributed by atoms with Crippen LogP contribution in [0.3, 0.4) is 0 Å². The number of hydrogen-bond acceptors (Lipinski definition) is 2. The molecule has 1 N–H and O–H groups in total. The van der Waals surface area contributed by atoms with Crippen LogP contribution in [0.25, 0.3) is 0 Å². The molecule has 2 aliphatic rings. The fourth-order valence-corrected chi connectivity index (χ4v) is 3.83. The van der Waals surface area contributed by atoms with Crippen molar-refractivity contribution in [3.8, 4) is 5.75 Å². The summed E-state index contributed by atoms with van der Waals surface area (Å²) in [6, 6.07) is 6.34. The third kappa shape index (κ3) is 2.21. The number of methoxy groups -OCH3 is 1. The van der Waals surface area contributed by atoms with Gasteiger partial charge in [-0.2, -0.15) is 0 Å². The van der Waals surface area contributed by atoms with Gasteiger partial charge < -0.3 is 10.1 Å². The maximum atomic E-state index is 5.41. The van der Waals surface area contributed by atoms with Gasteiger partial charge in [-0.25, -0.2) is 0 Å². The lowest BCUT2D eigenvalue weighted by Crippen LogP contribution is -2.20. The summed E-state index contributed by atoms with van der Waals surface area (Å²) in [6.07, 6.45) is 5.86. The van der Waals surface area contributed by atoms with E-state index in [0.717, 1.165) is 35.7 Å². The number of hydrogen-bond donors (Lipinski definition) is 1. The Morgan fingerprint density at radius 1 is 1.28 bits per heavy atom. The summed E-state index contributed by atoms with van der Waals surface area (Å²) in [5.74, 6) is 3.86. The second kappa shape index (κ2) is 4.83. The first-order chi connectivity index (χ1) is 8.76. The second-order valence-electron chi connectivity index (χ2n) is 6.02. The van der Waals surface area contributed by atoms with E-state index in [1.165, 1.54) is 31.2 Å². The van der Waals surface area contributed by atoms with Crippen LogP contribution in [0.1, 0.15) is 31.2 Å². The molecule has 0 saturated heterocycles. The largest absolute Gasteiger partial charge is 0.495 e. The van der Waals surface area contributed by atoms with E-state index in [1.807, 2.05) is 0 Å². The molecule has 18 heavy (non-hydrogen) atoms. The SMILES string of the molecule is COc1ccc(C)cc1NCC1CC2CCC1C2. The predicted octanol–water partition coefficient (Wildman–Crippen LogP) is 3.85. The molecule has 2 heteroatoms. The average molecular weight is 245 g/mol. The van der Waals surface area contributed by atoms with Gasteiger partial charge in [0.25, 0.3) is 0 Å². The lowest BCUT2D eigenvalue weighted by Gasteiger charge is -2.23. The van der Waals surface area contributed by atoms with Gasteiger partial charge in [-0.15, -0.1) is 0 Å². The van der Waals surface area contributed by atoms with Gasteiger partial charge >= 0.3 is 0 Å². The van der Waals surface area contributed by atoms with Gasteiger partial charge in [0.15, 0.2) is 0 Å². The number of fused-ring (bicyclic) bond motifs is 2. The van der Waals surface area contributed by atoms with Crippen LogP contribution >= 0.6 is 0 Å². The molecule has 2 nitrogen and oxygen atoms in total. The normalized spacial score (nSPS) is 29.6. The fraction of sp³-hybridized carbons (Fsp3) is 0.625. The molecular formula is C16H23NO. The molecule has 2 aliphatic carbocycles. The van der Waals surface area contributed by atoms with Crippen LogP contribution in [-0.4, -0.2) is 13.7 Å². The zero-order valence-corrected chi connectivity index (χ0v) is 11.4. The van der Waals surface area contributed by atoms with E-state index >= 15 is 0 Å². The number of benzene rings is 1. The van der Waals surface area contributed by atoms with Crippen molar-refractivity contribution in [3.63, 3.8) is 0 Å². The molecule has 98 valence electrons. The van der Waals surface area contributed by atoms with Crippen molar-refractivity contribution >= 4 is 5.69 Å². The minimum absolute atomic E-state index is 0.883. The van der Waals surface area contributed by atoms with Crippen molar-refractivity contribution in [1.29, 1.82) is 0 Å². The van der Waals surface area contributed by atoms with Crippen LogP contribution < -0.4 is 10.1 Å². The number of rotatable bonds is 4. The Hall–Kier alpha value is -1.18. The van der Waals surface area contributed by atoms with Gasteiger partial charge in [0.2, 0.25) is 0 Å². The van der Waals surface area contributed by atoms with E-state index in [9.17, 15) is 0 Å². The van der Waals surface area contributed by atoms with Crippen molar-refractivity contribution in [2.75, 3.05) is 19.0 Å². The van der Waals surface area contributed by atoms with Crippen molar-refractivity contribution in [2.45, 2.75) is 32.6 Å². The summed E-state index contributed by atoms with van der Waals surface area (Å²) in [7, 11) is 1.74. The van der Waals surface area contributed by atoms with E-state index in [4.69, 9.17) is 4.74 Å². The van der Waals surface area contributed by atoms with Crippen LogP contribution in [0.5, 0.6) is 5.75 Å². The molecule has 1 aromatic carbocycles. The van der Waals surface area contributed by atoms with Crippen molar-refractivity contribution in [2.24, 2.45) is 17.8 Å². The quantitative estimate of drug-likeness (QED) is 0.870. The summed E-state index contributed by atoms with van der Waals surface area (Å²) >= 11 is 0. The Labute approximate surface area is 110 Å². The molecular weight excluding hydrogens is 222 g/mol. The highest BCUT2D eigenvalue weighted by Crippen LogP contribution is 2.48. The molecule has 0 spiro atoms. The second-order valence-corrected chi connectivity index (χ2v) is 6.02. The summed E-state index contributed by atoms with van der Waals surface area (Å²) in [6.45, 7) is 3.24. The van der Waals surface area contributed by atoms with E-state index in [1.54, 1.807) is 7.11 Å². The lowest BCUT2D eigenvalue weighted by molar-refractivity contribution is 0.347. The molecule has 2 fully saturated rings. The van der Waals surface area contributed by atoms with Crippen LogP contribution in [0.4, 0.5) is 5.69 Å². The molecule has 1 aromatic rings. The molecule has 0 aliphatic heterocycles. The van der Waals surface area contributed by atoms with Gasteiger partial charge in [-0.1, -0.05) is 12.5 Å². The van der Waals surface area contributed by atoms with E-state index < -0.39 is 0 Å². The molecule has 0 amide bonds. The molecule has 3 unspecified atom stereocenters. The van der Waals surface area contributed by atoms with E-state index in [0.29, 0.717) is 0 Å². The third-order valence-corrected chi connectivity index (χ3v) is 4.79. The molecule has 3 rings (SSSR count). The molecule has 0 radical (unpaired) electrons. The molecule has 2 saturated carbocycles. The monoisotopic (exact) mass is 245 g/mol. The number of ether oxygens (including phenoxy) is 1. The van der Waals surface area contributed by atoms with Gasteiger partial charge in [-0.3, -0.25) is 0 Å². The number of anilines is 1. The lowest BCUT2D eigenvalue weighted by atomic mass is 9.89. The minimum atomic E-state index is 0.883. The standard InChI is InChI=1S/C16H23NO/c1-11-3-6-16(18-2)15(7-11)17-10-14-9-12-4-5-13(14)8-12/h3,6-7,12-14,17H,4-5,8-10H2,1-2H3. The van der Waals surface area contributed by atoms with Crippen molar-refractivity contribution in [3.05, 3.63) is 23.8 Å². The third-order valence-electron chi connectivity index (χ3n) is 4.79. The Kier molecular flexibility index (Phi) is 3.19. The average Bonchev–Trinajstić information content (AvgIpc) is 2.98. The van der Waals surface area contributed by atoms with Crippen LogP contribution in [-0.2, 0) is 0 Å². The zero-order chi connectivity index (χ0) is 12.5. The van der Waals surface area contributed by atoms with Crippen LogP contribution in [0.2, 0.25) is 0 Å². The molecule has 0 aromatic heterocycles. The summed E-state index contributed by atoms with van der Waals surface area (Å²) in [5, 5.41) is 3.61. The maximum absolute atomic E-state index is 5.41. The van der Waals surface area contributed by atoms with Crippen LogP contribution in [0, 0.1) is 24.7 Å². The zero-order valence-electron chi connectivity index (χ0n) is 11.4. The highest BCUT2D eigenvalue weighted by Gasteiger charge is 2.39. The first-order valence-electron chi connectivity index (χ1n) is 7.15. The molecule has 0 heterocycles. The topological polar surface area (TPSA) is 21.3 Å². The number of nitrogens with one attached hydrogen (secondary N) is 1. The van der Waals surface area contributed by atoms with Gasteiger partial charge in [0.1, 0.15) is 5.75 Å². The van der Waals surface area contributed by atoms with Gasteiger partial charge in [0.05, 0.1) is 12.8 Å². The highest BCUT2D eigenvalue weighted by molar-refractivity contribution is 5.58. The number of aryl methyl sites for hydroxylation is 1. The Balaban J connectivity index is 1.64. The maximum Gasteiger partial charge on any atom is 0.141 e. The first kappa shape index (κ1) is 11.9. The van der Waals surface area contributed by atoms with E-state index in [2.05, 4.69) is 30.4 Å². The fourth-order valence-electron chi connectivity index (χ4n) is 3.83. The Morgan fingerprint density at radius 3 is 2.83 bits per heavy atom. The van der Waals surface area contributed by atoms with Crippen molar-refractivity contribution in [1.82, 2.24) is 0 Å². The van der Waals surface area contributed by atoms with Gasteiger partial charge in [0, 0.05) is 6.54 Å². The van der Waals surface area contributed by atoms with Gasteiger partial charge in [-0.05, 0) is 61.6 Å². The molecule has 2 bridgehead atoms. The van der Waals surface area contributed by atoms with E-state index in [-0.39, 0.29) is 0 Å². The predicted molar refractivity (Wildman–Crippen MR) is 75.2 cm³/mol.